The maximum atomic E-state index is 12.5. The van der Waals surface area contributed by atoms with Crippen molar-refractivity contribution < 1.29 is 14.3 Å². The fourth-order valence-electron chi connectivity index (χ4n) is 2.51. The number of nitrogens with one attached hydrogen (secondary N) is 1. The molecular formula is C17H26N4O3. The molecule has 1 aromatic heterocycles. The molecule has 2 amide bonds. The number of piperazine rings is 1. The summed E-state index contributed by atoms with van der Waals surface area (Å²) in [6, 6.07) is 3.62. The molecule has 24 heavy (non-hydrogen) atoms. The van der Waals surface area contributed by atoms with E-state index in [1.807, 2.05) is 6.07 Å². The molecule has 0 radical (unpaired) electrons. The van der Waals surface area contributed by atoms with Gasteiger partial charge in [0, 0.05) is 38.9 Å². The van der Waals surface area contributed by atoms with Gasteiger partial charge in [0.25, 0.3) is 5.91 Å². The maximum Gasteiger partial charge on any atom is 0.409 e. The Kier molecular flexibility index (Phi) is 6.84. The third kappa shape index (κ3) is 4.84. The molecule has 0 saturated carbocycles. The molecule has 0 aromatic carbocycles. The van der Waals surface area contributed by atoms with Crippen LogP contribution in [0.1, 0.15) is 37.0 Å². The van der Waals surface area contributed by atoms with Gasteiger partial charge in [-0.1, -0.05) is 13.3 Å². The molecule has 2 rings (SSSR count). The van der Waals surface area contributed by atoms with Crippen LogP contribution in [0.15, 0.2) is 18.3 Å². The zero-order valence-corrected chi connectivity index (χ0v) is 14.5. The summed E-state index contributed by atoms with van der Waals surface area (Å²) in [5.41, 5.74) is 0.570. The van der Waals surface area contributed by atoms with Gasteiger partial charge in [0.05, 0.1) is 12.2 Å². The first-order valence-corrected chi connectivity index (χ1v) is 8.56. The van der Waals surface area contributed by atoms with E-state index in [0.29, 0.717) is 38.3 Å². The van der Waals surface area contributed by atoms with Gasteiger partial charge in [-0.25, -0.2) is 9.78 Å². The zero-order chi connectivity index (χ0) is 17.4. The van der Waals surface area contributed by atoms with Gasteiger partial charge in [-0.05, 0) is 25.5 Å². The summed E-state index contributed by atoms with van der Waals surface area (Å²) in [6.45, 7) is 7.17. The highest BCUT2D eigenvalue weighted by molar-refractivity contribution is 5.94. The van der Waals surface area contributed by atoms with Crippen molar-refractivity contribution in [3.63, 3.8) is 0 Å². The Morgan fingerprint density at radius 1 is 1.17 bits per heavy atom. The van der Waals surface area contributed by atoms with Crippen molar-refractivity contribution in [2.45, 2.75) is 26.7 Å². The number of rotatable bonds is 6. The van der Waals surface area contributed by atoms with E-state index in [1.165, 1.54) is 0 Å². The lowest BCUT2D eigenvalue weighted by atomic mass is 10.2. The van der Waals surface area contributed by atoms with Gasteiger partial charge in [0.15, 0.2) is 0 Å². The fourth-order valence-corrected chi connectivity index (χ4v) is 2.51. The number of ether oxygens (including phenoxy) is 1. The van der Waals surface area contributed by atoms with Crippen LogP contribution in [0.5, 0.6) is 0 Å². The van der Waals surface area contributed by atoms with Crippen molar-refractivity contribution in [1.29, 1.82) is 0 Å². The van der Waals surface area contributed by atoms with Crippen molar-refractivity contribution in [1.82, 2.24) is 14.8 Å². The molecule has 0 atom stereocenters. The number of pyridine rings is 1. The van der Waals surface area contributed by atoms with Gasteiger partial charge < -0.3 is 19.9 Å². The predicted octanol–water partition coefficient (Wildman–Crippen LogP) is 2.21. The number of carbonyl (C=O) groups excluding carboxylic acids is 2. The van der Waals surface area contributed by atoms with Crippen molar-refractivity contribution in [3.8, 4) is 0 Å². The summed E-state index contributed by atoms with van der Waals surface area (Å²) in [5.74, 6) is 0.734. The highest BCUT2D eigenvalue weighted by Gasteiger charge is 2.25. The van der Waals surface area contributed by atoms with Gasteiger partial charge in [-0.15, -0.1) is 0 Å². The van der Waals surface area contributed by atoms with E-state index in [0.717, 1.165) is 25.2 Å². The number of hydrogen-bond acceptors (Lipinski definition) is 5. The number of hydrogen-bond donors (Lipinski definition) is 1. The molecule has 7 heteroatoms. The molecule has 1 aromatic rings. The summed E-state index contributed by atoms with van der Waals surface area (Å²) >= 11 is 0. The molecular weight excluding hydrogens is 308 g/mol. The van der Waals surface area contributed by atoms with Crippen molar-refractivity contribution >= 4 is 17.8 Å². The van der Waals surface area contributed by atoms with Gasteiger partial charge in [-0.3, -0.25) is 4.79 Å². The van der Waals surface area contributed by atoms with Gasteiger partial charge >= 0.3 is 6.09 Å². The predicted molar refractivity (Wildman–Crippen MR) is 92.1 cm³/mol. The van der Waals surface area contributed by atoms with Crippen LogP contribution in [0.3, 0.4) is 0 Å². The van der Waals surface area contributed by atoms with Crippen LogP contribution in [-0.4, -0.2) is 66.1 Å². The molecule has 2 heterocycles. The molecule has 0 spiro atoms. The Bertz CT molecular complexity index is 539. The molecule has 1 fully saturated rings. The lowest BCUT2D eigenvalue weighted by Crippen LogP contribution is -2.50. The number of amides is 2. The van der Waals surface area contributed by atoms with E-state index < -0.39 is 0 Å². The first-order valence-electron chi connectivity index (χ1n) is 8.56. The average molecular weight is 334 g/mol. The van der Waals surface area contributed by atoms with E-state index in [9.17, 15) is 9.59 Å². The third-order valence-electron chi connectivity index (χ3n) is 3.94. The number of nitrogens with zero attached hydrogens (tertiary/aromatic N) is 3. The van der Waals surface area contributed by atoms with E-state index >= 15 is 0 Å². The summed E-state index contributed by atoms with van der Waals surface area (Å²) in [6.07, 6.45) is 3.51. The summed E-state index contributed by atoms with van der Waals surface area (Å²) < 4.78 is 4.98. The lowest BCUT2D eigenvalue weighted by Gasteiger charge is -2.34. The van der Waals surface area contributed by atoms with Crippen molar-refractivity contribution in [3.05, 3.63) is 23.9 Å². The van der Waals surface area contributed by atoms with Crippen LogP contribution in [0.2, 0.25) is 0 Å². The van der Waals surface area contributed by atoms with E-state index in [4.69, 9.17) is 4.74 Å². The molecule has 0 bridgehead atoms. The maximum absolute atomic E-state index is 12.5. The number of unbranched alkanes of at least 4 members (excludes halogenated alkanes) is 1. The minimum absolute atomic E-state index is 0.0499. The number of aromatic nitrogens is 1. The quantitative estimate of drug-likeness (QED) is 0.807. The number of carbonyl (C=O) groups is 2. The summed E-state index contributed by atoms with van der Waals surface area (Å²) in [7, 11) is 0. The van der Waals surface area contributed by atoms with Gasteiger partial charge in [0.2, 0.25) is 0 Å². The molecule has 132 valence electrons. The van der Waals surface area contributed by atoms with Crippen LogP contribution in [0.25, 0.3) is 0 Å². The van der Waals surface area contributed by atoms with Crippen LogP contribution >= 0.6 is 0 Å². The summed E-state index contributed by atoms with van der Waals surface area (Å²) in [5, 5.41) is 3.23. The number of anilines is 1. The van der Waals surface area contributed by atoms with Crippen molar-refractivity contribution in [2.24, 2.45) is 0 Å². The fraction of sp³-hybridized carbons (Fsp3) is 0.588. The van der Waals surface area contributed by atoms with E-state index in [-0.39, 0.29) is 12.0 Å². The van der Waals surface area contributed by atoms with Crippen LogP contribution in [0, 0.1) is 0 Å². The van der Waals surface area contributed by atoms with E-state index in [1.54, 1.807) is 29.0 Å². The standard InChI is InChI=1S/C17H26N4O3/c1-3-5-8-18-15-7-6-14(13-19-15)16(22)20-9-11-21(12-10-20)17(23)24-4-2/h6-7,13H,3-5,8-12H2,1-2H3,(H,18,19). The summed E-state index contributed by atoms with van der Waals surface area (Å²) in [4.78, 5) is 31.8. The average Bonchev–Trinajstić information content (AvgIpc) is 2.62. The van der Waals surface area contributed by atoms with Gasteiger partial charge in [0.1, 0.15) is 5.82 Å². The lowest BCUT2D eigenvalue weighted by molar-refractivity contribution is 0.0570. The largest absolute Gasteiger partial charge is 0.450 e. The highest BCUT2D eigenvalue weighted by atomic mass is 16.6. The Balaban J connectivity index is 1.85. The highest BCUT2D eigenvalue weighted by Crippen LogP contribution is 2.11. The second-order valence-electron chi connectivity index (χ2n) is 5.69. The minimum atomic E-state index is -0.311. The first kappa shape index (κ1) is 18.0. The van der Waals surface area contributed by atoms with Crippen LogP contribution < -0.4 is 5.32 Å². The molecule has 0 unspecified atom stereocenters. The van der Waals surface area contributed by atoms with Crippen LogP contribution in [-0.2, 0) is 4.74 Å². The molecule has 7 nitrogen and oxygen atoms in total. The Morgan fingerprint density at radius 3 is 2.46 bits per heavy atom. The Morgan fingerprint density at radius 2 is 1.88 bits per heavy atom. The van der Waals surface area contributed by atoms with Crippen molar-refractivity contribution in [2.75, 3.05) is 44.6 Å². The molecule has 1 saturated heterocycles. The molecule has 1 N–H and O–H groups in total. The first-order chi connectivity index (χ1) is 11.7. The molecule has 1 aliphatic heterocycles. The Hall–Kier alpha value is -2.31. The monoisotopic (exact) mass is 334 g/mol. The second-order valence-corrected chi connectivity index (χ2v) is 5.69. The minimum Gasteiger partial charge on any atom is -0.450 e. The second kappa shape index (κ2) is 9.10. The molecule has 1 aliphatic rings. The van der Waals surface area contributed by atoms with E-state index in [2.05, 4.69) is 17.2 Å². The Labute approximate surface area is 143 Å². The third-order valence-corrected chi connectivity index (χ3v) is 3.94. The SMILES string of the molecule is CCCCNc1ccc(C(=O)N2CCN(C(=O)OCC)CC2)cn1. The topological polar surface area (TPSA) is 74.8 Å². The molecule has 0 aliphatic carbocycles. The zero-order valence-electron chi connectivity index (χ0n) is 14.5. The smallest absolute Gasteiger partial charge is 0.409 e. The normalized spacial score (nSPS) is 14.4. The van der Waals surface area contributed by atoms with Gasteiger partial charge in [-0.2, -0.15) is 0 Å². The van der Waals surface area contributed by atoms with Crippen LogP contribution in [0.4, 0.5) is 10.6 Å².